The van der Waals surface area contributed by atoms with E-state index >= 15 is 0 Å². The lowest BCUT2D eigenvalue weighted by Gasteiger charge is -2.18. The third-order valence-corrected chi connectivity index (χ3v) is 5.67. The maximum Gasteiger partial charge on any atom is 0.330 e. The van der Waals surface area contributed by atoms with Gasteiger partial charge in [0.15, 0.2) is 0 Å². The Bertz CT molecular complexity index is 1060. The normalized spacial score (nSPS) is 12.0. The van der Waals surface area contributed by atoms with E-state index in [4.69, 9.17) is 14.2 Å². The molecular weight excluding hydrogens is 408 g/mol. The molecule has 0 N–H and O–H groups in total. The molecule has 1 unspecified atom stereocenters. The Labute approximate surface area is 187 Å². The van der Waals surface area contributed by atoms with Crippen LogP contribution < -0.4 is 0 Å². The zero-order chi connectivity index (χ0) is 22.1. The zero-order valence-electron chi connectivity index (χ0n) is 17.8. The second kappa shape index (κ2) is 11.7. The van der Waals surface area contributed by atoms with E-state index in [0.29, 0.717) is 13.2 Å². The first-order chi connectivity index (χ1) is 15.2. The quantitative estimate of drug-likeness (QED) is 0.0880. The van der Waals surface area contributed by atoms with Gasteiger partial charge >= 0.3 is 5.97 Å². The van der Waals surface area contributed by atoms with Crippen LogP contribution in [-0.4, -0.2) is 37.6 Å². The molecule has 0 saturated carbocycles. The summed E-state index contributed by atoms with van der Waals surface area (Å²) in [5.41, 5.74) is 1.13. The summed E-state index contributed by atoms with van der Waals surface area (Å²) in [5, 5.41) is 4.70. The second-order valence-electron chi connectivity index (χ2n) is 7.00. The molecular formula is C26H28O4S. The summed E-state index contributed by atoms with van der Waals surface area (Å²) in [4.78, 5) is 12.9. The molecule has 4 nitrogen and oxygen atoms in total. The van der Waals surface area contributed by atoms with E-state index in [1.54, 1.807) is 6.08 Å². The van der Waals surface area contributed by atoms with Gasteiger partial charge in [-0.1, -0.05) is 49.9 Å². The summed E-state index contributed by atoms with van der Waals surface area (Å²) < 4.78 is 16.9. The average molecular weight is 437 g/mol. The lowest BCUT2D eigenvalue weighted by molar-refractivity contribution is -0.150. The minimum absolute atomic E-state index is 0.227. The molecule has 1 atom stereocenters. The minimum atomic E-state index is -0.516. The van der Waals surface area contributed by atoms with E-state index in [0.717, 1.165) is 22.8 Å². The zero-order valence-corrected chi connectivity index (χ0v) is 18.7. The van der Waals surface area contributed by atoms with Crippen molar-refractivity contribution >= 4 is 39.3 Å². The summed E-state index contributed by atoms with van der Waals surface area (Å²) in [7, 11) is 0. The van der Waals surface area contributed by atoms with Crippen LogP contribution in [0.3, 0.4) is 0 Å². The molecule has 0 fully saturated rings. The van der Waals surface area contributed by atoms with Crippen molar-refractivity contribution in [3.63, 3.8) is 0 Å². The lowest BCUT2D eigenvalue weighted by atomic mass is 9.97. The molecule has 0 bridgehead atoms. The molecule has 0 amide bonds. The highest BCUT2D eigenvalue weighted by Crippen LogP contribution is 2.32. The third kappa shape index (κ3) is 6.20. The Morgan fingerprint density at radius 2 is 1.81 bits per heavy atom. The largest absolute Gasteiger partial charge is 0.454 e. The van der Waals surface area contributed by atoms with E-state index in [-0.39, 0.29) is 13.2 Å². The van der Waals surface area contributed by atoms with Gasteiger partial charge in [-0.15, -0.1) is 18.3 Å². The molecule has 31 heavy (non-hydrogen) atoms. The summed E-state index contributed by atoms with van der Waals surface area (Å²) >= 11 is 1.82. The van der Waals surface area contributed by atoms with Crippen LogP contribution in [0.15, 0.2) is 78.7 Å². The number of thioether (sulfide) groups is 1. The van der Waals surface area contributed by atoms with E-state index < -0.39 is 12.1 Å². The molecule has 0 aliphatic heterocycles. The number of hydrogen-bond acceptors (Lipinski definition) is 5. The van der Waals surface area contributed by atoms with Crippen LogP contribution in [-0.2, 0) is 25.6 Å². The fourth-order valence-electron chi connectivity index (χ4n) is 3.45. The van der Waals surface area contributed by atoms with Crippen molar-refractivity contribution in [1.29, 1.82) is 0 Å². The Balaban J connectivity index is 1.85. The first-order valence-corrected chi connectivity index (χ1v) is 11.3. The topological polar surface area (TPSA) is 44.8 Å². The molecule has 162 valence electrons. The molecule has 0 aliphatic carbocycles. The number of benzene rings is 3. The van der Waals surface area contributed by atoms with Crippen molar-refractivity contribution in [2.75, 3.05) is 25.6 Å². The molecule has 0 saturated heterocycles. The van der Waals surface area contributed by atoms with Crippen molar-refractivity contribution in [2.45, 2.75) is 24.5 Å². The molecule has 0 aromatic heterocycles. The van der Waals surface area contributed by atoms with Crippen LogP contribution in [0.25, 0.3) is 21.5 Å². The van der Waals surface area contributed by atoms with Gasteiger partial charge in [0.25, 0.3) is 0 Å². The Hall–Kier alpha value is -2.60. The highest BCUT2D eigenvalue weighted by molar-refractivity contribution is 7.99. The van der Waals surface area contributed by atoms with Gasteiger partial charge in [0.2, 0.25) is 0 Å². The molecule has 0 radical (unpaired) electrons. The molecule has 5 heteroatoms. The van der Waals surface area contributed by atoms with Crippen LogP contribution in [0.1, 0.15) is 12.5 Å². The Morgan fingerprint density at radius 1 is 1.03 bits per heavy atom. The minimum Gasteiger partial charge on any atom is -0.454 e. The molecule has 0 aliphatic rings. The Morgan fingerprint density at radius 3 is 2.58 bits per heavy atom. The molecule has 3 rings (SSSR count). The van der Waals surface area contributed by atoms with E-state index in [9.17, 15) is 4.79 Å². The van der Waals surface area contributed by atoms with E-state index in [1.807, 2.05) is 23.9 Å². The van der Waals surface area contributed by atoms with Crippen LogP contribution in [0.4, 0.5) is 0 Å². The summed E-state index contributed by atoms with van der Waals surface area (Å²) in [5.74, 6) is 0.527. The summed E-state index contributed by atoms with van der Waals surface area (Å²) in [6, 6.07) is 17.1. The third-order valence-electron chi connectivity index (χ3n) is 4.80. The van der Waals surface area contributed by atoms with Crippen LogP contribution in [0, 0.1) is 0 Å². The monoisotopic (exact) mass is 436 g/mol. The van der Waals surface area contributed by atoms with Crippen LogP contribution in [0.5, 0.6) is 0 Å². The number of hydrogen-bond donors (Lipinski definition) is 0. The fourth-order valence-corrected chi connectivity index (χ4v) is 4.15. The van der Waals surface area contributed by atoms with Gasteiger partial charge in [0.05, 0.1) is 26.4 Å². The number of esters is 1. The van der Waals surface area contributed by atoms with Crippen molar-refractivity contribution in [3.8, 4) is 0 Å². The van der Waals surface area contributed by atoms with Crippen molar-refractivity contribution < 1.29 is 19.0 Å². The second-order valence-corrected chi connectivity index (χ2v) is 8.33. The number of rotatable bonds is 12. The van der Waals surface area contributed by atoms with Gasteiger partial charge in [-0.25, -0.2) is 4.79 Å². The van der Waals surface area contributed by atoms with Crippen molar-refractivity contribution in [3.05, 3.63) is 79.4 Å². The average Bonchev–Trinajstić information content (AvgIpc) is 2.79. The smallest absolute Gasteiger partial charge is 0.330 e. The Kier molecular flexibility index (Phi) is 8.71. The van der Waals surface area contributed by atoms with E-state index in [1.165, 1.54) is 21.1 Å². The van der Waals surface area contributed by atoms with Crippen molar-refractivity contribution in [2.24, 2.45) is 0 Å². The van der Waals surface area contributed by atoms with Gasteiger partial charge in [-0.3, -0.25) is 0 Å². The first-order valence-electron chi connectivity index (χ1n) is 10.3. The molecule has 0 spiro atoms. The lowest BCUT2D eigenvalue weighted by Crippen LogP contribution is -2.28. The predicted molar refractivity (Wildman–Crippen MR) is 129 cm³/mol. The maximum absolute atomic E-state index is 11.7. The van der Waals surface area contributed by atoms with Gasteiger partial charge in [-0.05, 0) is 51.1 Å². The van der Waals surface area contributed by atoms with Gasteiger partial charge in [0.1, 0.15) is 6.10 Å². The van der Waals surface area contributed by atoms with Gasteiger partial charge < -0.3 is 14.2 Å². The standard InChI is InChI=1S/C26H28O4S/c1-4-13-28-16-21(30-26(27)5-2)17-29-18-25-23-10-8-7-9-19(23)14-20-11-12-22(31-6-3)15-24(20)25/h4-5,7-12,14-15,21H,1-2,6,13,16-18H2,3H3. The highest BCUT2D eigenvalue weighted by Gasteiger charge is 2.15. The maximum atomic E-state index is 11.7. The van der Waals surface area contributed by atoms with E-state index in [2.05, 4.69) is 56.5 Å². The molecule has 3 aromatic rings. The number of fused-ring (bicyclic) bond motifs is 2. The first kappa shape index (κ1) is 23.1. The summed E-state index contributed by atoms with van der Waals surface area (Å²) in [6.45, 7) is 10.5. The number of carbonyl (C=O) groups is 1. The number of ether oxygens (including phenoxy) is 3. The van der Waals surface area contributed by atoms with Gasteiger partial charge in [0, 0.05) is 11.0 Å². The van der Waals surface area contributed by atoms with Crippen LogP contribution in [0.2, 0.25) is 0 Å². The van der Waals surface area contributed by atoms with Crippen molar-refractivity contribution in [1.82, 2.24) is 0 Å². The van der Waals surface area contributed by atoms with Gasteiger partial charge in [-0.2, -0.15) is 0 Å². The predicted octanol–water partition coefficient (Wildman–Crippen LogP) is 5.92. The fraction of sp³-hybridized carbons (Fsp3) is 0.269. The molecule has 3 aromatic carbocycles. The van der Waals surface area contributed by atoms with Crippen LogP contribution >= 0.6 is 11.8 Å². The SMILES string of the molecule is C=CCOCC(COCc1c2ccccc2cc2ccc(SCC)cc12)OC(=O)C=C. The summed E-state index contributed by atoms with van der Waals surface area (Å²) in [6.07, 6.45) is 2.28. The highest BCUT2D eigenvalue weighted by atomic mass is 32.2. The molecule has 0 heterocycles. The number of carbonyl (C=O) groups excluding carboxylic acids is 1.